The number of allylic oxidation sites excluding steroid dienone is 2. The van der Waals surface area contributed by atoms with Gasteiger partial charge in [-0.15, -0.1) is 11.3 Å². The van der Waals surface area contributed by atoms with E-state index in [9.17, 15) is 14.7 Å². The summed E-state index contributed by atoms with van der Waals surface area (Å²) < 4.78 is 0. The maximum atomic E-state index is 13.1. The van der Waals surface area contributed by atoms with Gasteiger partial charge in [0.25, 0.3) is 0 Å². The lowest BCUT2D eigenvalue weighted by atomic mass is 9.79. The number of anilines is 1. The molecular weight excluding hydrogens is 396 g/mol. The van der Waals surface area contributed by atoms with E-state index in [1.165, 1.54) is 22.5 Å². The minimum Gasteiger partial charge on any atom is -0.481 e. The average Bonchev–Trinajstić information content (AvgIpc) is 3.42. The predicted molar refractivity (Wildman–Crippen MR) is 119 cm³/mol. The number of nitrogens with zero attached hydrogens (tertiary/aromatic N) is 1. The van der Waals surface area contributed by atoms with Gasteiger partial charge in [-0.2, -0.15) is 0 Å². The smallest absolute Gasteiger partial charge is 0.307 e. The molecule has 2 aromatic rings. The first-order valence-corrected chi connectivity index (χ1v) is 11.5. The Labute approximate surface area is 181 Å². The molecule has 1 heterocycles. The molecule has 2 aliphatic carbocycles. The van der Waals surface area contributed by atoms with E-state index in [0.29, 0.717) is 5.13 Å². The lowest BCUT2D eigenvalue weighted by Gasteiger charge is -2.25. The topological polar surface area (TPSA) is 79.3 Å². The number of carbonyl (C=O) groups excluding carboxylic acids is 1. The fraction of sp³-hybridized carbons (Fsp3) is 0.458. The summed E-state index contributed by atoms with van der Waals surface area (Å²) in [6.07, 6.45) is 3.92. The van der Waals surface area contributed by atoms with Crippen molar-refractivity contribution in [3.05, 3.63) is 46.4 Å². The number of carbonyl (C=O) groups is 2. The van der Waals surface area contributed by atoms with Gasteiger partial charge in [-0.3, -0.25) is 9.59 Å². The van der Waals surface area contributed by atoms with Crippen LogP contribution in [0.25, 0.3) is 11.3 Å². The molecule has 158 valence electrons. The molecule has 1 aromatic heterocycles. The van der Waals surface area contributed by atoms with Crippen molar-refractivity contribution in [1.82, 2.24) is 4.98 Å². The number of aromatic nitrogens is 1. The molecule has 2 saturated carbocycles. The van der Waals surface area contributed by atoms with Gasteiger partial charge in [0.05, 0.1) is 17.5 Å². The van der Waals surface area contributed by atoms with E-state index in [0.717, 1.165) is 42.5 Å². The number of benzene rings is 1. The molecular formula is C24H28N2O3S. The number of amides is 1. The Morgan fingerprint density at radius 3 is 2.40 bits per heavy atom. The van der Waals surface area contributed by atoms with Crippen molar-refractivity contribution in [3.8, 4) is 11.3 Å². The molecule has 0 saturated heterocycles. The highest BCUT2D eigenvalue weighted by molar-refractivity contribution is 7.14. The first kappa shape index (κ1) is 20.8. The van der Waals surface area contributed by atoms with E-state index in [4.69, 9.17) is 0 Å². The maximum Gasteiger partial charge on any atom is 0.307 e. The Bertz CT molecular complexity index is 988. The predicted octanol–water partition coefficient (Wildman–Crippen LogP) is 5.39. The zero-order valence-corrected chi connectivity index (χ0v) is 18.5. The highest BCUT2D eigenvalue weighted by atomic mass is 32.1. The number of hydrogen-bond acceptors (Lipinski definition) is 4. The molecule has 4 atom stereocenters. The summed E-state index contributed by atoms with van der Waals surface area (Å²) >= 11 is 1.38. The third-order valence-electron chi connectivity index (χ3n) is 6.53. The molecule has 1 amide bonds. The summed E-state index contributed by atoms with van der Waals surface area (Å²) in [5.41, 5.74) is 5.49. The van der Waals surface area contributed by atoms with Gasteiger partial charge in [-0.1, -0.05) is 48.8 Å². The zero-order valence-electron chi connectivity index (χ0n) is 17.6. The number of aryl methyl sites for hydroxylation is 1. The monoisotopic (exact) mass is 424 g/mol. The van der Waals surface area contributed by atoms with Crippen molar-refractivity contribution in [3.63, 3.8) is 0 Å². The van der Waals surface area contributed by atoms with Gasteiger partial charge in [-0.05, 0) is 50.5 Å². The minimum absolute atomic E-state index is 0.0123. The molecule has 5 nitrogen and oxygen atoms in total. The van der Waals surface area contributed by atoms with Crippen LogP contribution in [-0.2, 0) is 16.0 Å². The van der Waals surface area contributed by atoms with E-state index in [1.54, 1.807) is 0 Å². The third kappa shape index (κ3) is 3.69. The summed E-state index contributed by atoms with van der Waals surface area (Å²) in [7, 11) is 0. The van der Waals surface area contributed by atoms with E-state index < -0.39 is 17.8 Å². The molecule has 30 heavy (non-hydrogen) atoms. The third-order valence-corrected chi connectivity index (χ3v) is 7.29. The van der Waals surface area contributed by atoms with Gasteiger partial charge < -0.3 is 10.4 Å². The van der Waals surface area contributed by atoms with Crippen molar-refractivity contribution in [1.29, 1.82) is 0 Å². The number of carboxylic acid groups (broad SMARTS) is 1. The van der Waals surface area contributed by atoms with Gasteiger partial charge in [0.15, 0.2) is 5.13 Å². The van der Waals surface area contributed by atoms with Crippen molar-refractivity contribution in [2.45, 2.75) is 46.5 Å². The van der Waals surface area contributed by atoms with Crippen molar-refractivity contribution < 1.29 is 14.7 Å². The van der Waals surface area contributed by atoms with E-state index in [-0.39, 0.29) is 17.7 Å². The molecule has 2 N–H and O–H groups in total. The number of aliphatic carboxylic acids is 1. The molecule has 6 heteroatoms. The highest BCUT2D eigenvalue weighted by Gasteiger charge is 2.57. The Morgan fingerprint density at radius 1 is 1.13 bits per heavy atom. The van der Waals surface area contributed by atoms with Crippen LogP contribution in [0, 0.1) is 23.7 Å². The van der Waals surface area contributed by atoms with Crippen LogP contribution in [0.1, 0.15) is 45.6 Å². The van der Waals surface area contributed by atoms with Crippen LogP contribution < -0.4 is 5.32 Å². The maximum absolute atomic E-state index is 13.1. The first-order valence-electron chi connectivity index (χ1n) is 10.7. The van der Waals surface area contributed by atoms with Crippen LogP contribution in [0.5, 0.6) is 0 Å². The van der Waals surface area contributed by atoms with Gasteiger partial charge in [-0.25, -0.2) is 4.98 Å². The van der Waals surface area contributed by atoms with Crippen molar-refractivity contribution in [2.75, 3.05) is 5.32 Å². The van der Waals surface area contributed by atoms with Gasteiger partial charge in [0.2, 0.25) is 5.91 Å². The van der Waals surface area contributed by atoms with Gasteiger partial charge >= 0.3 is 5.97 Å². The summed E-state index contributed by atoms with van der Waals surface area (Å²) in [6.45, 7) is 6.21. The van der Waals surface area contributed by atoms with Crippen LogP contribution in [0.2, 0.25) is 0 Å². The highest BCUT2D eigenvalue weighted by Crippen LogP contribution is 2.57. The Kier molecular flexibility index (Phi) is 5.78. The normalized spacial score (nSPS) is 24.8. The first-order chi connectivity index (χ1) is 14.4. The number of hydrogen-bond donors (Lipinski definition) is 2. The lowest BCUT2D eigenvalue weighted by Crippen LogP contribution is -2.37. The zero-order chi connectivity index (χ0) is 21.4. The number of rotatable bonds is 6. The SMILES string of the molecule is CCCc1ccc(-c2csc(NC(=O)C3C4CCC(C4=C(C)C)C3C(=O)O)n2)cc1. The average molecular weight is 425 g/mol. The van der Waals surface area contributed by atoms with Gasteiger partial charge in [0.1, 0.15) is 0 Å². The van der Waals surface area contributed by atoms with Crippen LogP contribution in [0.15, 0.2) is 40.8 Å². The van der Waals surface area contributed by atoms with Gasteiger partial charge in [0, 0.05) is 10.9 Å². The minimum atomic E-state index is -0.868. The fourth-order valence-corrected chi connectivity index (χ4v) is 6.11. The number of carboxylic acids is 1. The molecule has 0 spiro atoms. The standard InChI is InChI=1S/C24H28N2O3S/c1-4-5-14-6-8-15(9-7-14)18-12-30-24(25-18)26-22(27)20-16-10-11-17(19(16)13(2)3)21(20)23(28)29/h6-9,12,16-17,20-21H,4-5,10-11H2,1-3H3,(H,28,29)(H,25,26,27). The molecule has 2 aliphatic rings. The quantitative estimate of drug-likeness (QED) is 0.609. The Hall–Kier alpha value is -2.47. The second-order valence-electron chi connectivity index (χ2n) is 8.61. The number of thiazole rings is 1. The number of fused-ring (bicyclic) bond motifs is 2. The summed E-state index contributed by atoms with van der Waals surface area (Å²) in [6, 6.07) is 8.35. The Morgan fingerprint density at radius 2 is 1.80 bits per heavy atom. The molecule has 1 aromatic carbocycles. The van der Waals surface area contributed by atoms with Crippen LogP contribution in [-0.4, -0.2) is 22.0 Å². The van der Waals surface area contributed by atoms with E-state index in [2.05, 4.69) is 41.5 Å². The van der Waals surface area contributed by atoms with Crippen LogP contribution >= 0.6 is 11.3 Å². The Balaban J connectivity index is 1.52. The van der Waals surface area contributed by atoms with Crippen LogP contribution in [0.3, 0.4) is 0 Å². The fourth-order valence-electron chi connectivity index (χ4n) is 5.39. The number of nitrogens with one attached hydrogen (secondary N) is 1. The molecule has 4 unspecified atom stereocenters. The largest absolute Gasteiger partial charge is 0.481 e. The second kappa shape index (κ2) is 8.34. The molecule has 4 rings (SSSR count). The lowest BCUT2D eigenvalue weighted by molar-refractivity contribution is -0.148. The van der Waals surface area contributed by atoms with Crippen molar-refractivity contribution >= 4 is 28.3 Å². The molecule has 2 bridgehead atoms. The molecule has 0 aliphatic heterocycles. The van der Waals surface area contributed by atoms with E-state index in [1.807, 2.05) is 19.2 Å². The van der Waals surface area contributed by atoms with E-state index >= 15 is 0 Å². The second-order valence-corrected chi connectivity index (χ2v) is 9.47. The van der Waals surface area contributed by atoms with Crippen molar-refractivity contribution in [2.24, 2.45) is 23.7 Å². The molecule has 0 radical (unpaired) electrons. The summed E-state index contributed by atoms with van der Waals surface area (Å²) in [5, 5.41) is 15.2. The molecule has 2 fully saturated rings. The summed E-state index contributed by atoms with van der Waals surface area (Å²) in [4.78, 5) is 29.7. The van der Waals surface area contributed by atoms with Crippen LogP contribution in [0.4, 0.5) is 5.13 Å². The summed E-state index contributed by atoms with van der Waals surface area (Å²) in [5.74, 6) is -2.22.